The van der Waals surface area contributed by atoms with Gasteiger partial charge in [-0.1, -0.05) is 6.07 Å². The van der Waals surface area contributed by atoms with Crippen molar-refractivity contribution in [3.63, 3.8) is 0 Å². The number of unbranched alkanes of at least 4 members (excludes halogenated alkanes) is 1. The number of esters is 1. The second-order valence-corrected chi connectivity index (χ2v) is 6.52. The summed E-state index contributed by atoms with van der Waals surface area (Å²) in [5, 5.41) is 19.0. The fourth-order valence-corrected chi connectivity index (χ4v) is 2.77. The van der Waals surface area contributed by atoms with Gasteiger partial charge in [0.05, 0.1) is 40.1 Å². The second-order valence-electron chi connectivity index (χ2n) is 6.52. The topological polar surface area (TPSA) is 88.5 Å². The van der Waals surface area contributed by atoms with E-state index >= 15 is 0 Å². The zero-order valence-electron chi connectivity index (χ0n) is 17.3. The van der Waals surface area contributed by atoms with E-state index in [-0.39, 0.29) is 19.2 Å². The molecule has 0 aliphatic rings. The predicted molar refractivity (Wildman–Crippen MR) is 111 cm³/mol. The van der Waals surface area contributed by atoms with Gasteiger partial charge in [-0.25, -0.2) is 0 Å². The van der Waals surface area contributed by atoms with Crippen molar-refractivity contribution in [1.82, 2.24) is 0 Å². The number of hydrogen-bond donors (Lipinski definition) is 2. The van der Waals surface area contributed by atoms with Crippen LogP contribution < -0.4 is 4.90 Å². The van der Waals surface area contributed by atoms with Gasteiger partial charge < -0.3 is 29.3 Å². The quantitative estimate of drug-likeness (QED) is 0.246. The van der Waals surface area contributed by atoms with Gasteiger partial charge in [-0.05, 0) is 36.1 Å². The van der Waals surface area contributed by atoms with Gasteiger partial charge in [0.2, 0.25) is 0 Å². The molecule has 1 aromatic carbocycles. The van der Waals surface area contributed by atoms with Crippen LogP contribution >= 0.6 is 0 Å². The summed E-state index contributed by atoms with van der Waals surface area (Å²) >= 11 is 0. The molecule has 7 nitrogen and oxygen atoms in total. The van der Waals surface area contributed by atoms with E-state index in [9.17, 15) is 15.0 Å². The molecule has 1 rings (SSSR count). The third-order valence-electron chi connectivity index (χ3n) is 4.29. The van der Waals surface area contributed by atoms with Crippen LogP contribution in [-0.2, 0) is 32.2 Å². The molecule has 162 valence electrons. The molecule has 1 aromatic rings. The first-order chi connectivity index (χ1) is 14.1. The lowest BCUT2D eigenvalue weighted by Crippen LogP contribution is -2.29. The van der Waals surface area contributed by atoms with Crippen LogP contribution in [0.5, 0.6) is 0 Å². The van der Waals surface area contributed by atoms with Gasteiger partial charge in [-0.2, -0.15) is 0 Å². The first-order valence-electron chi connectivity index (χ1n) is 9.89. The fraction of sp³-hybridized carbons (Fsp3) is 0.591. The Balaban J connectivity index is 2.56. The third-order valence-corrected chi connectivity index (χ3v) is 4.29. The Morgan fingerprint density at radius 3 is 2.24 bits per heavy atom. The van der Waals surface area contributed by atoms with E-state index < -0.39 is 0 Å². The number of ether oxygens (including phenoxy) is 3. The Morgan fingerprint density at radius 1 is 1.00 bits per heavy atom. The lowest BCUT2D eigenvalue weighted by Gasteiger charge is -2.26. The van der Waals surface area contributed by atoms with Gasteiger partial charge in [0.25, 0.3) is 0 Å². The Labute approximate surface area is 173 Å². The van der Waals surface area contributed by atoms with Crippen molar-refractivity contribution in [2.75, 3.05) is 51.5 Å². The van der Waals surface area contributed by atoms with Crippen molar-refractivity contribution in [3.8, 4) is 12.3 Å². The number of aliphatic hydroxyl groups excluding tert-OH is 2. The summed E-state index contributed by atoms with van der Waals surface area (Å²) in [6, 6.07) is 5.53. The van der Waals surface area contributed by atoms with Crippen molar-refractivity contribution in [3.05, 3.63) is 29.3 Å². The molecule has 0 aliphatic heterocycles. The number of terminal acetylenes is 1. The number of carbonyl (C=O) groups is 1. The maximum absolute atomic E-state index is 11.4. The largest absolute Gasteiger partial charge is 0.469 e. The van der Waals surface area contributed by atoms with Crippen molar-refractivity contribution >= 4 is 11.7 Å². The van der Waals surface area contributed by atoms with Gasteiger partial charge in [-0.15, -0.1) is 12.3 Å². The predicted octanol–water partition coefficient (Wildman–Crippen LogP) is 1.88. The smallest absolute Gasteiger partial charge is 0.305 e. The van der Waals surface area contributed by atoms with E-state index in [4.69, 9.17) is 20.6 Å². The molecule has 0 aromatic heterocycles. The van der Waals surface area contributed by atoms with Crippen molar-refractivity contribution in [1.29, 1.82) is 0 Å². The van der Waals surface area contributed by atoms with Gasteiger partial charge >= 0.3 is 5.97 Å². The number of anilines is 1. The Hall–Kier alpha value is -2.11. The summed E-state index contributed by atoms with van der Waals surface area (Å²) in [5.74, 6) is 2.33. The van der Waals surface area contributed by atoms with Gasteiger partial charge in [0.1, 0.15) is 0 Å². The lowest BCUT2D eigenvalue weighted by atomic mass is 10.1. The van der Waals surface area contributed by atoms with Gasteiger partial charge in [0.15, 0.2) is 0 Å². The highest BCUT2D eigenvalue weighted by molar-refractivity contribution is 5.69. The number of hydrogen-bond acceptors (Lipinski definition) is 7. The number of benzene rings is 1. The molecule has 0 spiro atoms. The van der Waals surface area contributed by atoms with E-state index in [0.717, 1.165) is 23.2 Å². The molecule has 0 atom stereocenters. The molecular formula is C22H33NO6. The lowest BCUT2D eigenvalue weighted by molar-refractivity contribution is -0.140. The highest BCUT2D eigenvalue weighted by atomic mass is 16.5. The van der Waals surface area contributed by atoms with E-state index in [1.54, 1.807) is 6.07 Å². The third kappa shape index (κ3) is 10.9. The SMILES string of the molecule is C#CCCCOCCOCCN(CCCC(=O)OC)c1cc(CO)cc(CO)c1. The molecule has 0 aliphatic carbocycles. The van der Waals surface area contributed by atoms with Crippen LogP contribution in [0, 0.1) is 12.3 Å². The van der Waals surface area contributed by atoms with Crippen molar-refractivity contribution < 1.29 is 29.2 Å². The number of aliphatic hydroxyl groups is 2. The summed E-state index contributed by atoms with van der Waals surface area (Å²) in [4.78, 5) is 13.5. The van der Waals surface area contributed by atoms with E-state index in [2.05, 4.69) is 10.8 Å². The Morgan fingerprint density at radius 2 is 1.66 bits per heavy atom. The molecule has 7 heteroatoms. The summed E-state index contributed by atoms with van der Waals surface area (Å²) < 4.78 is 15.8. The standard InChI is InChI=1S/C22H33NO6/c1-3-4-5-10-28-12-13-29-11-9-23(8-6-7-22(26)27-2)21-15-19(17-24)14-20(16-21)18-25/h1,14-16,24-25H,4-13,17-18H2,2H3. The number of rotatable bonds is 16. The Kier molecular flexibility index (Phi) is 13.6. The molecule has 0 heterocycles. The number of carbonyl (C=O) groups excluding carboxylic acids is 1. The van der Waals surface area contributed by atoms with E-state index in [0.29, 0.717) is 58.8 Å². The summed E-state index contributed by atoms with van der Waals surface area (Å²) in [5.41, 5.74) is 2.33. The summed E-state index contributed by atoms with van der Waals surface area (Å²) in [6.07, 6.45) is 7.70. The minimum Gasteiger partial charge on any atom is -0.469 e. The highest BCUT2D eigenvalue weighted by Gasteiger charge is 2.11. The van der Waals surface area contributed by atoms with Crippen LogP contribution in [0.3, 0.4) is 0 Å². The van der Waals surface area contributed by atoms with Gasteiger partial charge in [0, 0.05) is 38.2 Å². The van der Waals surface area contributed by atoms with Crippen molar-refractivity contribution in [2.45, 2.75) is 38.9 Å². The molecule has 2 N–H and O–H groups in total. The molecule has 0 amide bonds. The first kappa shape index (κ1) is 24.9. The highest BCUT2D eigenvalue weighted by Crippen LogP contribution is 2.20. The monoisotopic (exact) mass is 407 g/mol. The van der Waals surface area contributed by atoms with Crippen LogP contribution in [0.2, 0.25) is 0 Å². The Bertz CT molecular complexity index is 606. The molecule has 0 fully saturated rings. The zero-order valence-corrected chi connectivity index (χ0v) is 17.3. The molecule has 0 saturated carbocycles. The minimum absolute atomic E-state index is 0.107. The molecular weight excluding hydrogens is 374 g/mol. The van der Waals surface area contributed by atoms with Crippen LogP contribution in [-0.4, -0.2) is 62.8 Å². The van der Waals surface area contributed by atoms with Crippen LogP contribution in [0.15, 0.2) is 18.2 Å². The maximum Gasteiger partial charge on any atom is 0.305 e. The normalized spacial score (nSPS) is 10.6. The van der Waals surface area contributed by atoms with Crippen molar-refractivity contribution in [2.24, 2.45) is 0 Å². The molecule has 0 radical (unpaired) electrons. The minimum atomic E-state index is -0.247. The van der Waals surface area contributed by atoms with Crippen LogP contribution in [0.1, 0.15) is 36.8 Å². The maximum atomic E-state index is 11.4. The van der Waals surface area contributed by atoms with E-state index in [1.807, 2.05) is 12.1 Å². The average Bonchev–Trinajstić information content (AvgIpc) is 2.75. The van der Waals surface area contributed by atoms with Crippen LogP contribution in [0.25, 0.3) is 0 Å². The number of nitrogens with zero attached hydrogens (tertiary/aromatic N) is 1. The number of methoxy groups -OCH3 is 1. The van der Waals surface area contributed by atoms with Gasteiger partial charge in [-0.3, -0.25) is 4.79 Å². The summed E-state index contributed by atoms with van der Waals surface area (Å²) in [7, 11) is 1.38. The second kappa shape index (κ2) is 15.8. The molecule has 0 saturated heterocycles. The zero-order chi connectivity index (χ0) is 21.3. The molecule has 0 bridgehead atoms. The van der Waals surface area contributed by atoms with E-state index in [1.165, 1.54) is 7.11 Å². The first-order valence-corrected chi connectivity index (χ1v) is 9.89. The summed E-state index contributed by atoms with van der Waals surface area (Å²) in [6.45, 7) is 3.15. The average molecular weight is 408 g/mol. The molecule has 0 unspecified atom stereocenters. The molecule has 29 heavy (non-hydrogen) atoms. The fourth-order valence-electron chi connectivity index (χ4n) is 2.77. The van der Waals surface area contributed by atoms with Crippen LogP contribution in [0.4, 0.5) is 5.69 Å².